The third kappa shape index (κ3) is 3.07. The van der Waals surface area contributed by atoms with Gasteiger partial charge in [0.05, 0.1) is 22.6 Å². The normalized spacial score (nSPS) is 19.2. The highest BCUT2D eigenvalue weighted by Crippen LogP contribution is 2.55. The second-order valence-electron chi connectivity index (χ2n) is 5.45. The largest absolute Gasteiger partial charge is 0.419 e. The van der Waals surface area contributed by atoms with Crippen LogP contribution in [0.25, 0.3) is 0 Å². The highest BCUT2D eigenvalue weighted by atomic mass is 32.2. The van der Waals surface area contributed by atoms with Gasteiger partial charge in [0, 0.05) is 6.20 Å². The zero-order valence-electron chi connectivity index (χ0n) is 12.5. The maximum atomic E-state index is 12.9. The Morgan fingerprint density at radius 3 is 2.75 bits per heavy atom. The molecule has 1 aliphatic heterocycles. The number of nitrogens with one attached hydrogen (secondary N) is 1. The Hall–Kier alpha value is -2.54. The number of thioether (sulfide) groups is 1. The first-order chi connectivity index (χ1) is 11.7. The molecule has 5 nitrogen and oxygen atoms in total. The molecule has 0 radical (unpaired) electrons. The zero-order chi connectivity index (χ0) is 16.5. The lowest BCUT2D eigenvalue weighted by molar-refractivity contribution is 0.495. The lowest BCUT2D eigenvalue weighted by Gasteiger charge is -1.97. The van der Waals surface area contributed by atoms with Gasteiger partial charge in [-0.2, -0.15) is 0 Å². The summed E-state index contributed by atoms with van der Waals surface area (Å²) in [6, 6.07) is 11.9. The summed E-state index contributed by atoms with van der Waals surface area (Å²) in [5, 5.41) is 16.4. The van der Waals surface area contributed by atoms with Crippen LogP contribution in [0, 0.1) is 11.2 Å². The van der Waals surface area contributed by atoms with E-state index in [1.807, 2.05) is 18.2 Å². The number of pyridine rings is 1. The summed E-state index contributed by atoms with van der Waals surface area (Å²) >= 11 is 1.65. The fourth-order valence-electron chi connectivity index (χ4n) is 2.43. The van der Waals surface area contributed by atoms with Gasteiger partial charge in [0.1, 0.15) is 11.5 Å². The molecule has 0 bridgehead atoms. The van der Waals surface area contributed by atoms with Crippen molar-refractivity contribution in [2.75, 3.05) is 0 Å². The number of nitrogens with zero attached hydrogens (tertiary/aromatic N) is 3. The van der Waals surface area contributed by atoms with E-state index in [1.54, 1.807) is 30.1 Å². The Morgan fingerprint density at radius 2 is 2.00 bits per heavy atom. The van der Waals surface area contributed by atoms with Crippen molar-refractivity contribution >= 4 is 17.5 Å². The monoisotopic (exact) mass is 340 g/mol. The second-order valence-corrected chi connectivity index (χ2v) is 6.74. The lowest BCUT2D eigenvalue weighted by Crippen LogP contribution is -2.08. The molecule has 1 aliphatic rings. The van der Waals surface area contributed by atoms with Crippen LogP contribution in [0.1, 0.15) is 28.3 Å². The molecule has 4 rings (SSSR count). The third-order valence-corrected chi connectivity index (χ3v) is 5.01. The van der Waals surface area contributed by atoms with Crippen LogP contribution in [0.3, 0.4) is 0 Å². The third-order valence-electron chi connectivity index (χ3n) is 3.72. The van der Waals surface area contributed by atoms with Gasteiger partial charge in [0.2, 0.25) is 5.89 Å². The molecule has 1 fully saturated rings. The van der Waals surface area contributed by atoms with E-state index in [-0.39, 0.29) is 22.2 Å². The van der Waals surface area contributed by atoms with Crippen LogP contribution in [0.15, 0.2) is 53.1 Å². The highest BCUT2D eigenvalue weighted by molar-refractivity contribution is 8.08. The average molecular weight is 340 g/mol. The van der Waals surface area contributed by atoms with Crippen LogP contribution in [0.2, 0.25) is 0 Å². The number of hydrogen-bond acceptors (Lipinski definition) is 6. The van der Waals surface area contributed by atoms with Gasteiger partial charge in [0.15, 0.2) is 0 Å². The van der Waals surface area contributed by atoms with Crippen molar-refractivity contribution in [3.05, 3.63) is 77.5 Å². The molecule has 1 saturated heterocycles. The molecule has 0 saturated carbocycles. The van der Waals surface area contributed by atoms with E-state index in [2.05, 4.69) is 15.2 Å². The average Bonchev–Trinajstić information content (AvgIpc) is 3.29. The van der Waals surface area contributed by atoms with Gasteiger partial charge in [-0.15, -0.1) is 22.0 Å². The minimum Gasteiger partial charge on any atom is -0.419 e. The molecule has 0 aliphatic carbocycles. The van der Waals surface area contributed by atoms with Crippen molar-refractivity contribution in [1.82, 2.24) is 15.2 Å². The standard InChI is InChI=1S/C17H13FN4OS/c18-11-6-4-10(5-7-11)9-13-21-22-17(23-13)14(19)16-15(24-16)12-3-1-2-8-20-12/h1-8,15-16,19H,9H2. The summed E-state index contributed by atoms with van der Waals surface area (Å²) in [5.74, 6) is 0.377. The summed E-state index contributed by atoms with van der Waals surface area (Å²) in [4.78, 5) is 4.32. The molecule has 0 spiro atoms. The number of rotatable bonds is 5. The minimum atomic E-state index is -0.280. The smallest absolute Gasteiger partial charge is 0.262 e. The first-order valence-electron chi connectivity index (χ1n) is 7.43. The SMILES string of the molecule is N=C(c1nnc(Cc2ccc(F)cc2)o1)C1SC1c1ccccn1. The summed E-state index contributed by atoms with van der Waals surface area (Å²) < 4.78 is 18.5. The van der Waals surface area contributed by atoms with Crippen molar-refractivity contribution in [3.63, 3.8) is 0 Å². The van der Waals surface area contributed by atoms with E-state index in [0.717, 1.165) is 11.3 Å². The van der Waals surface area contributed by atoms with Crippen molar-refractivity contribution in [1.29, 1.82) is 5.41 Å². The van der Waals surface area contributed by atoms with Crippen molar-refractivity contribution in [2.45, 2.75) is 16.9 Å². The molecule has 2 atom stereocenters. The molecule has 1 aromatic carbocycles. The fourth-order valence-corrected chi connectivity index (χ4v) is 3.45. The van der Waals surface area contributed by atoms with Gasteiger partial charge < -0.3 is 4.42 Å². The van der Waals surface area contributed by atoms with Crippen LogP contribution >= 0.6 is 11.8 Å². The van der Waals surface area contributed by atoms with E-state index in [1.165, 1.54) is 12.1 Å². The lowest BCUT2D eigenvalue weighted by atomic mass is 10.1. The fraction of sp³-hybridized carbons (Fsp3) is 0.176. The molecular weight excluding hydrogens is 327 g/mol. The summed E-state index contributed by atoms with van der Waals surface area (Å²) in [5.41, 5.74) is 2.17. The van der Waals surface area contributed by atoms with Crippen LogP contribution in [-0.4, -0.2) is 26.1 Å². The van der Waals surface area contributed by atoms with E-state index >= 15 is 0 Å². The first kappa shape index (κ1) is 15.0. The molecule has 3 aromatic rings. The van der Waals surface area contributed by atoms with Crippen LogP contribution in [0.4, 0.5) is 4.39 Å². The number of halogens is 1. The Balaban J connectivity index is 1.43. The maximum absolute atomic E-state index is 12.9. The van der Waals surface area contributed by atoms with E-state index < -0.39 is 0 Å². The van der Waals surface area contributed by atoms with E-state index in [9.17, 15) is 4.39 Å². The van der Waals surface area contributed by atoms with Gasteiger partial charge in [0.25, 0.3) is 5.89 Å². The van der Waals surface area contributed by atoms with Gasteiger partial charge in [-0.1, -0.05) is 18.2 Å². The Bertz CT molecular complexity index is 866. The molecule has 7 heteroatoms. The maximum Gasteiger partial charge on any atom is 0.262 e. The topological polar surface area (TPSA) is 75.7 Å². The summed E-state index contributed by atoms with van der Waals surface area (Å²) in [6.07, 6.45) is 2.17. The summed E-state index contributed by atoms with van der Waals surface area (Å²) in [7, 11) is 0. The quantitative estimate of drug-likeness (QED) is 0.569. The minimum absolute atomic E-state index is 0.000906. The van der Waals surface area contributed by atoms with Gasteiger partial charge >= 0.3 is 0 Å². The van der Waals surface area contributed by atoms with Crippen molar-refractivity contribution in [2.24, 2.45) is 0 Å². The Morgan fingerprint density at radius 1 is 1.17 bits per heavy atom. The van der Waals surface area contributed by atoms with E-state index in [4.69, 9.17) is 9.83 Å². The predicted molar refractivity (Wildman–Crippen MR) is 88.7 cm³/mol. The van der Waals surface area contributed by atoms with E-state index in [0.29, 0.717) is 18.0 Å². The number of benzene rings is 1. The van der Waals surface area contributed by atoms with Gasteiger partial charge in [-0.25, -0.2) is 4.39 Å². The molecule has 120 valence electrons. The predicted octanol–water partition coefficient (Wildman–Crippen LogP) is 3.42. The molecule has 1 N–H and O–H groups in total. The molecular formula is C17H13FN4OS. The number of aromatic nitrogens is 3. The highest BCUT2D eigenvalue weighted by Gasteiger charge is 2.45. The Labute approximate surface area is 141 Å². The van der Waals surface area contributed by atoms with Crippen LogP contribution in [0.5, 0.6) is 0 Å². The van der Waals surface area contributed by atoms with Gasteiger partial charge in [-0.3, -0.25) is 10.4 Å². The van der Waals surface area contributed by atoms with Crippen LogP contribution in [-0.2, 0) is 6.42 Å². The summed E-state index contributed by atoms with van der Waals surface area (Å²) in [6.45, 7) is 0. The molecule has 2 unspecified atom stereocenters. The molecule has 0 amide bonds. The van der Waals surface area contributed by atoms with Crippen molar-refractivity contribution < 1.29 is 8.81 Å². The second kappa shape index (κ2) is 6.16. The molecule has 3 heterocycles. The zero-order valence-corrected chi connectivity index (χ0v) is 13.3. The van der Waals surface area contributed by atoms with Crippen LogP contribution < -0.4 is 0 Å². The molecule has 2 aromatic heterocycles. The Kier molecular flexibility index (Phi) is 3.86. The van der Waals surface area contributed by atoms with Crippen molar-refractivity contribution in [3.8, 4) is 0 Å². The molecule has 24 heavy (non-hydrogen) atoms. The van der Waals surface area contributed by atoms with Gasteiger partial charge in [-0.05, 0) is 29.8 Å². The number of hydrogen-bond donors (Lipinski definition) is 1. The first-order valence-corrected chi connectivity index (χ1v) is 8.37.